The minimum absolute atomic E-state index is 0.101. The van der Waals surface area contributed by atoms with E-state index in [4.69, 9.17) is 0 Å². The molecular weight excluding hydrogens is 213 g/mol. The van der Waals surface area contributed by atoms with E-state index in [1.807, 2.05) is 26.8 Å². The minimum atomic E-state index is -0.171. The molecule has 2 rings (SSSR count). The number of fused-ring (bicyclic) bond motifs is 1. The van der Waals surface area contributed by atoms with E-state index in [0.717, 1.165) is 28.9 Å². The second kappa shape index (κ2) is 3.94. The first kappa shape index (κ1) is 12.3. The monoisotopic (exact) mass is 233 g/mol. The summed E-state index contributed by atoms with van der Waals surface area (Å²) in [5.41, 5.74) is 3.73. The predicted octanol–water partition coefficient (Wildman–Crippen LogP) is 4.41. The van der Waals surface area contributed by atoms with Crippen LogP contribution in [-0.2, 0) is 11.8 Å². The normalized spacial score (nSPS) is 15.1. The van der Waals surface area contributed by atoms with Crippen molar-refractivity contribution in [2.24, 2.45) is 10.9 Å². The molecule has 1 aliphatic heterocycles. The van der Waals surface area contributed by atoms with Crippen LogP contribution in [0.15, 0.2) is 17.1 Å². The molecule has 0 unspecified atom stereocenters. The van der Waals surface area contributed by atoms with Crippen LogP contribution in [0.2, 0.25) is 0 Å². The molecule has 0 spiro atoms. The molecule has 0 fully saturated rings. The van der Waals surface area contributed by atoms with Crippen molar-refractivity contribution in [1.82, 2.24) is 0 Å². The average Bonchev–Trinajstić information content (AvgIpc) is 2.57. The number of benzene rings is 1. The van der Waals surface area contributed by atoms with E-state index < -0.39 is 0 Å². The van der Waals surface area contributed by atoms with Gasteiger partial charge < -0.3 is 0 Å². The fraction of sp³-hybridized carbons (Fsp3) is 0.533. The van der Waals surface area contributed by atoms with Gasteiger partial charge >= 0.3 is 0 Å². The second-order valence-corrected chi connectivity index (χ2v) is 6.15. The summed E-state index contributed by atoms with van der Waals surface area (Å²) in [6.45, 7) is 10.3. The van der Waals surface area contributed by atoms with Gasteiger partial charge in [0.1, 0.15) is 5.82 Å². The molecule has 92 valence electrons. The average molecular weight is 233 g/mol. The van der Waals surface area contributed by atoms with Crippen LogP contribution >= 0.6 is 0 Å². The Balaban J connectivity index is 2.47. The Morgan fingerprint density at radius 1 is 1.24 bits per heavy atom. The minimum Gasteiger partial charge on any atom is -0.257 e. The van der Waals surface area contributed by atoms with E-state index in [9.17, 15) is 4.39 Å². The Kier molecular flexibility index (Phi) is 2.84. The SMILES string of the molecule is CC(C)C1=Nc2cc(C(C)(C)C)c(F)cc2C1. The van der Waals surface area contributed by atoms with Crippen molar-refractivity contribution in [2.75, 3.05) is 0 Å². The van der Waals surface area contributed by atoms with Gasteiger partial charge in [0.05, 0.1) is 5.69 Å². The highest BCUT2D eigenvalue weighted by atomic mass is 19.1. The summed E-state index contributed by atoms with van der Waals surface area (Å²) in [6.07, 6.45) is 0.800. The third-order valence-electron chi connectivity index (χ3n) is 3.28. The van der Waals surface area contributed by atoms with E-state index in [1.165, 1.54) is 0 Å². The van der Waals surface area contributed by atoms with Gasteiger partial charge in [0.2, 0.25) is 0 Å². The molecule has 0 aromatic heterocycles. The maximum atomic E-state index is 14.0. The van der Waals surface area contributed by atoms with Crippen molar-refractivity contribution in [3.63, 3.8) is 0 Å². The quantitative estimate of drug-likeness (QED) is 0.681. The zero-order valence-corrected chi connectivity index (χ0v) is 11.3. The summed E-state index contributed by atoms with van der Waals surface area (Å²) < 4.78 is 14.0. The summed E-state index contributed by atoms with van der Waals surface area (Å²) in [4.78, 5) is 4.62. The Hall–Kier alpha value is -1.18. The first-order valence-corrected chi connectivity index (χ1v) is 6.19. The maximum absolute atomic E-state index is 14.0. The molecule has 1 heterocycles. The lowest BCUT2D eigenvalue weighted by Gasteiger charge is -2.20. The smallest absolute Gasteiger partial charge is 0.127 e. The van der Waals surface area contributed by atoms with Crippen molar-refractivity contribution in [3.05, 3.63) is 29.1 Å². The molecule has 0 N–H and O–H groups in total. The van der Waals surface area contributed by atoms with Gasteiger partial charge in [0.25, 0.3) is 0 Å². The molecule has 1 aromatic rings. The number of hydrogen-bond acceptors (Lipinski definition) is 1. The highest BCUT2D eigenvalue weighted by Gasteiger charge is 2.24. The zero-order chi connectivity index (χ0) is 12.8. The number of hydrogen-bond donors (Lipinski definition) is 0. The lowest BCUT2D eigenvalue weighted by molar-refractivity contribution is 0.522. The molecule has 0 radical (unpaired) electrons. The number of rotatable bonds is 1. The van der Waals surface area contributed by atoms with Crippen LogP contribution < -0.4 is 0 Å². The van der Waals surface area contributed by atoms with Gasteiger partial charge in [-0.15, -0.1) is 0 Å². The second-order valence-electron chi connectivity index (χ2n) is 6.15. The van der Waals surface area contributed by atoms with Crippen LogP contribution in [0.25, 0.3) is 0 Å². The fourth-order valence-corrected chi connectivity index (χ4v) is 2.15. The summed E-state index contributed by atoms with van der Waals surface area (Å²) in [7, 11) is 0. The fourth-order valence-electron chi connectivity index (χ4n) is 2.15. The molecule has 0 saturated heterocycles. The van der Waals surface area contributed by atoms with Gasteiger partial charge in [0.15, 0.2) is 0 Å². The highest BCUT2D eigenvalue weighted by Crippen LogP contribution is 2.35. The van der Waals surface area contributed by atoms with E-state index in [2.05, 4.69) is 18.8 Å². The van der Waals surface area contributed by atoms with Crippen LogP contribution in [0.1, 0.15) is 45.7 Å². The molecule has 1 aromatic carbocycles. The molecule has 0 aliphatic carbocycles. The summed E-state index contributed by atoms with van der Waals surface area (Å²) >= 11 is 0. The first-order chi connectivity index (χ1) is 7.79. The number of aliphatic imine (C=N–C) groups is 1. The molecular formula is C15H20FN. The lowest BCUT2D eigenvalue weighted by atomic mass is 9.85. The third kappa shape index (κ3) is 2.26. The van der Waals surface area contributed by atoms with Gasteiger partial charge in [-0.2, -0.15) is 0 Å². The topological polar surface area (TPSA) is 12.4 Å². The molecule has 0 saturated carbocycles. The van der Waals surface area contributed by atoms with Crippen LogP contribution in [0.4, 0.5) is 10.1 Å². The van der Waals surface area contributed by atoms with Crippen molar-refractivity contribution in [2.45, 2.75) is 46.5 Å². The van der Waals surface area contributed by atoms with E-state index >= 15 is 0 Å². The highest BCUT2D eigenvalue weighted by molar-refractivity contribution is 5.95. The predicted molar refractivity (Wildman–Crippen MR) is 70.7 cm³/mol. The summed E-state index contributed by atoms with van der Waals surface area (Å²) in [5, 5.41) is 0. The summed E-state index contributed by atoms with van der Waals surface area (Å²) in [5.74, 6) is 0.333. The number of nitrogens with zero attached hydrogens (tertiary/aromatic N) is 1. The van der Waals surface area contributed by atoms with Gasteiger partial charge in [-0.25, -0.2) is 4.39 Å². The first-order valence-electron chi connectivity index (χ1n) is 6.19. The van der Waals surface area contributed by atoms with E-state index in [-0.39, 0.29) is 11.2 Å². The van der Waals surface area contributed by atoms with Crippen molar-refractivity contribution in [1.29, 1.82) is 0 Å². The molecule has 0 amide bonds. The number of halogens is 1. The standard InChI is InChI=1S/C15H20FN/c1-9(2)13-7-10-6-12(16)11(15(3,4)5)8-14(10)17-13/h6,8-9H,7H2,1-5H3. The van der Waals surface area contributed by atoms with Gasteiger partial charge in [-0.05, 0) is 34.6 Å². The maximum Gasteiger partial charge on any atom is 0.127 e. The van der Waals surface area contributed by atoms with E-state index in [1.54, 1.807) is 6.07 Å². The van der Waals surface area contributed by atoms with Gasteiger partial charge in [0, 0.05) is 12.1 Å². The zero-order valence-electron chi connectivity index (χ0n) is 11.3. The third-order valence-corrected chi connectivity index (χ3v) is 3.28. The van der Waals surface area contributed by atoms with Crippen molar-refractivity contribution >= 4 is 11.4 Å². The van der Waals surface area contributed by atoms with Crippen LogP contribution in [0.3, 0.4) is 0 Å². The molecule has 0 atom stereocenters. The molecule has 1 aliphatic rings. The Morgan fingerprint density at radius 3 is 2.41 bits per heavy atom. The molecule has 2 heteroatoms. The van der Waals surface area contributed by atoms with Crippen molar-refractivity contribution in [3.8, 4) is 0 Å². The van der Waals surface area contributed by atoms with Crippen LogP contribution in [0, 0.1) is 11.7 Å². The lowest BCUT2D eigenvalue weighted by Crippen LogP contribution is -2.13. The van der Waals surface area contributed by atoms with Crippen LogP contribution in [-0.4, -0.2) is 5.71 Å². The molecule has 0 bridgehead atoms. The summed E-state index contributed by atoms with van der Waals surface area (Å²) in [6, 6.07) is 3.58. The Morgan fingerprint density at radius 2 is 1.88 bits per heavy atom. The van der Waals surface area contributed by atoms with E-state index in [0.29, 0.717) is 5.92 Å². The molecule has 1 nitrogen and oxygen atoms in total. The van der Waals surface area contributed by atoms with Gasteiger partial charge in [-0.1, -0.05) is 34.6 Å². The molecule has 17 heavy (non-hydrogen) atoms. The Bertz CT molecular complexity index is 478. The van der Waals surface area contributed by atoms with Crippen LogP contribution in [0.5, 0.6) is 0 Å². The largest absolute Gasteiger partial charge is 0.257 e. The van der Waals surface area contributed by atoms with Gasteiger partial charge in [-0.3, -0.25) is 4.99 Å². The van der Waals surface area contributed by atoms with Crippen molar-refractivity contribution < 1.29 is 4.39 Å². The Labute approximate surface area is 103 Å².